The number of rotatable bonds is 7. The Morgan fingerprint density at radius 2 is 1.67 bits per heavy atom. The fourth-order valence-corrected chi connectivity index (χ4v) is 3.37. The predicted octanol–water partition coefficient (Wildman–Crippen LogP) is 7.43. The zero-order valence-corrected chi connectivity index (χ0v) is 20.2. The van der Waals surface area contributed by atoms with Gasteiger partial charge in [0.1, 0.15) is 29.7 Å². The SMILES string of the molecule is COc1ccc(/C=C(\C#N)C(=O)Nc2ccc(Cl)c(Cl)c2)c(OCc2ccc(Cl)c(Cl)c2)c1. The van der Waals surface area contributed by atoms with E-state index in [1.807, 2.05) is 6.07 Å². The van der Waals surface area contributed by atoms with E-state index in [1.165, 1.54) is 19.3 Å². The maximum atomic E-state index is 12.7. The molecule has 0 aliphatic carbocycles. The van der Waals surface area contributed by atoms with E-state index in [0.29, 0.717) is 37.8 Å². The van der Waals surface area contributed by atoms with Crippen LogP contribution >= 0.6 is 46.4 Å². The minimum absolute atomic E-state index is 0.134. The Bertz CT molecular complexity index is 1270. The van der Waals surface area contributed by atoms with Crippen LogP contribution in [-0.2, 0) is 11.4 Å². The highest BCUT2D eigenvalue weighted by Gasteiger charge is 2.13. The van der Waals surface area contributed by atoms with Crippen LogP contribution in [0, 0.1) is 11.3 Å². The summed E-state index contributed by atoms with van der Waals surface area (Å²) in [5.41, 5.74) is 1.57. The lowest BCUT2D eigenvalue weighted by Gasteiger charge is -2.12. The van der Waals surface area contributed by atoms with E-state index in [1.54, 1.807) is 48.5 Å². The molecular weight excluding hydrogens is 506 g/mol. The Hall–Kier alpha value is -2.88. The summed E-state index contributed by atoms with van der Waals surface area (Å²) in [5, 5.41) is 13.7. The van der Waals surface area contributed by atoms with E-state index in [-0.39, 0.29) is 17.2 Å². The van der Waals surface area contributed by atoms with Gasteiger partial charge >= 0.3 is 0 Å². The van der Waals surface area contributed by atoms with Crippen LogP contribution in [0.1, 0.15) is 11.1 Å². The van der Waals surface area contributed by atoms with Crippen molar-refractivity contribution >= 4 is 64.1 Å². The first-order valence-electron chi connectivity index (χ1n) is 9.43. The number of nitriles is 1. The number of carbonyl (C=O) groups excluding carboxylic acids is 1. The van der Waals surface area contributed by atoms with Gasteiger partial charge in [-0.25, -0.2) is 0 Å². The highest BCUT2D eigenvalue weighted by Crippen LogP contribution is 2.30. The van der Waals surface area contributed by atoms with Gasteiger partial charge in [-0.2, -0.15) is 5.26 Å². The minimum Gasteiger partial charge on any atom is -0.497 e. The van der Waals surface area contributed by atoms with Crippen LogP contribution in [0.15, 0.2) is 60.2 Å². The van der Waals surface area contributed by atoms with Gasteiger partial charge in [0.25, 0.3) is 5.91 Å². The van der Waals surface area contributed by atoms with Gasteiger partial charge in [-0.05, 0) is 54.1 Å². The molecule has 1 amide bonds. The standard InChI is InChI=1S/C24H16Cl4N2O3/c1-32-18-5-3-15(23(11-18)33-13-14-2-6-19(25)21(27)8-14)9-16(12-29)24(31)30-17-4-7-20(26)22(28)10-17/h2-11H,13H2,1H3,(H,30,31)/b16-9+. The van der Waals surface area contributed by atoms with Crippen LogP contribution in [0.4, 0.5) is 5.69 Å². The largest absolute Gasteiger partial charge is 0.497 e. The van der Waals surface area contributed by atoms with Crippen LogP contribution in [0.2, 0.25) is 20.1 Å². The predicted molar refractivity (Wildman–Crippen MR) is 132 cm³/mol. The molecular formula is C24H16Cl4N2O3. The fourth-order valence-electron chi connectivity index (χ4n) is 2.75. The first-order valence-corrected chi connectivity index (χ1v) is 10.9. The molecule has 9 heteroatoms. The highest BCUT2D eigenvalue weighted by molar-refractivity contribution is 6.42. The lowest BCUT2D eigenvalue weighted by molar-refractivity contribution is -0.112. The van der Waals surface area contributed by atoms with Gasteiger partial charge in [0.15, 0.2) is 0 Å². The molecule has 3 aromatic carbocycles. The van der Waals surface area contributed by atoms with E-state index < -0.39 is 5.91 Å². The van der Waals surface area contributed by atoms with Crippen molar-refractivity contribution in [1.82, 2.24) is 0 Å². The van der Waals surface area contributed by atoms with Gasteiger partial charge in [0.2, 0.25) is 0 Å². The van der Waals surface area contributed by atoms with E-state index in [4.69, 9.17) is 55.9 Å². The molecule has 0 heterocycles. The molecule has 0 unspecified atom stereocenters. The normalized spacial score (nSPS) is 11.0. The molecule has 168 valence electrons. The van der Waals surface area contributed by atoms with Gasteiger partial charge in [0, 0.05) is 17.3 Å². The summed E-state index contributed by atoms with van der Waals surface area (Å²) in [7, 11) is 1.53. The van der Waals surface area contributed by atoms with E-state index in [2.05, 4.69) is 5.32 Å². The topological polar surface area (TPSA) is 71.3 Å². The van der Waals surface area contributed by atoms with Crippen LogP contribution < -0.4 is 14.8 Å². The number of anilines is 1. The Balaban J connectivity index is 1.86. The Morgan fingerprint density at radius 1 is 0.970 bits per heavy atom. The van der Waals surface area contributed by atoms with Gasteiger partial charge in [-0.15, -0.1) is 0 Å². The quantitative estimate of drug-likeness (QED) is 0.259. The molecule has 0 aliphatic heterocycles. The van der Waals surface area contributed by atoms with Gasteiger partial charge < -0.3 is 14.8 Å². The second-order valence-corrected chi connectivity index (χ2v) is 8.32. The molecule has 0 spiro atoms. The average Bonchev–Trinajstić information content (AvgIpc) is 2.80. The fraction of sp³-hybridized carbons (Fsp3) is 0.0833. The van der Waals surface area contributed by atoms with E-state index in [9.17, 15) is 10.1 Å². The molecule has 0 bridgehead atoms. The summed E-state index contributed by atoms with van der Waals surface area (Å²) in [6.07, 6.45) is 1.43. The van der Waals surface area contributed by atoms with Crippen molar-refractivity contribution in [2.75, 3.05) is 12.4 Å². The first kappa shape index (κ1) is 24.8. The smallest absolute Gasteiger partial charge is 0.266 e. The molecule has 0 aromatic heterocycles. The van der Waals surface area contributed by atoms with Crippen LogP contribution in [0.5, 0.6) is 11.5 Å². The number of hydrogen-bond donors (Lipinski definition) is 1. The van der Waals surface area contributed by atoms with Crippen molar-refractivity contribution in [3.05, 3.63) is 91.4 Å². The number of hydrogen-bond acceptors (Lipinski definition) is 4. The molecule has 3 rings (SSSR count). The number of halogens is 4. The molecule has 0 aliphatic rings. The number of nitrogens with one attached hydrogen (secondary N) is 1. The molecule has 0 radical (unpaired) electrons. The average molecular weight is 522 g/mol. The third-order valence-electron chi connectivity index (χ3n) is 4.44. The van der Waals surface area contributed by atoms with Gasteiger partial charge in [-0.1, -0.05) is 52.5 Å². The van der Waals surface area contributed by atoms with Crippen molar-refractivity contribution in [3.8, 4) is 17.6 Å². The molecule has 0 fully saturated rings. The minimum atomic E-state index is -0.609. The van der Waals surface area contributed by atoms with Crippen molar-refractivity contribution in [2.24, 2.45) is 0 Å². The molecule has 0 saturated heterocycles. The highest BCUT2D eigenvalue weighted by atomic mass is 35.5. The second-order valence-electron chi connectivity index (χ2n) is 6.69. The van der Waals surface area contributed by atoms with Crippen LogP contribution in [0.3, 0.4) is 0 Å². The maximum Gasteiger partial charge on any atom is 0.266 e. The zero-order chi connectivity index (χ0) is 24.0. The molecule has 0 saturated carbocycles. The lowest BCUT2D eigenvalue weighted by Crippen LogP contribution is -2.13. The third-order valence-corrected chi connectivity index (χ3v) is 5.92. The van der Waals surface area contributed by atoms with Gasteiger partial charge in [-0.3, -0.25) is 4.79 Å². The Labute approximate surface area is 211 Å². The summed E-state index contributed by atoms with van der Waals surface area (Å²) in [5.74, 6) is 0.354. The zero-order valence-electron chi connectivity index (χ0n) is 17.2. The Morgan fingerprint density at radius 3 is 2.30 bits per heavy atom. The summed E-state index contributed by atoms with van der Waals surface area (Å²) >= 11 is 23.9. The number of carbonyl (C=O) groups is 1. The molecule has 3 aromatic rings. The summed E-state index contributed by atoms with van der Waals surface area (Å²) < 4.78 is 11.2. The van der Waals surface area contributed by atoms with Crippen molar-refractivity contribution in [3.63, 3.8) is 0 Å². The summed E-state index contributed by atoms with van der Waals surface area (Å²) in [4.78, 5) is 12.7. The van der Waals surface area contributed by atoms with Crippen LogP contribution in [0.25, 0.3) is 6.08 Å². The molecule has 0 atom stereocenters. The first-order chi connectivity index (χ1) is 15.8. The lowest BCUT2D eigenvalue weighted by atomic mass is 10.1. The Kier molecular flexibility index (Phi) is 8.49. The van der Waals surface area contributed by atoms with E-state index in [0.717, 1.165) is 5.56 Å². The molecule has 1 N–H and O–H groups in total. The van der Waals surface area contributed by atoms with E-state index >= 15 is 0 Å². The van der Waals surface area contributed by atoms with Gasteiger partial charge in [0.05, 0.1) is 27.2 Å². The number of methoxy groups -OCH3 is 1. The molecule has 33 heavy (non-hydrogen) atoms. The van der Waals surface area contributed by atoms with Crippen molar-refractivity contribution < 1.29 is 14.3 Å². The third kappa shape index (κ3) is 6.56. The number of benzene rings is 3. The van der Waals surface area contributed by atoms with Crippen molar-refractivity contribution in [1.29, 1.82) is 5.26 Å². The summed E-state index contributed by atoms with van der Waals surface area (Å²) in [6, 6.07) is 16.8. The second kappa shape index (κ2) is 11.3. The van der Waals surface area contributed by atoms with Crippen LogP contribution in [-0.4, -0.2) is 13.0 Å². The maximum absolute atomic E-state index is 12.7. The monoisotopic (exact) mass is 520 g/mol. The summed E-state index contributed by atoms with van der Waals surface area (Å²) in [6.45, 7) is 0.183. The number of nitrogens with zero attached hydrogens (tertiary/aromatic N) is 1. The molecule has 5 nitrogen and oxygen atoms in total. The van der Waals surface area contributed by atoms with Crippen molar-refractivity contribution in [2.45, 2.75) is 6.61 Å². The number of ether oxygens (including phenoxy) is 2. The number of amides is 1.